The van der Waals surface area contributed by atoms with Crippen LogP contribution in [0.15, 0.2) is 35.3 Å². The van der Waals surface area contributed by atoms with Crippen LogP contribution in [0.2, 0.25) is 0 Å². The molecule has 0 saturated carbocycles. The molecule has 164 valence electrons. The zero-order valence-corrected chi connectivity index (χ0v) is 17.3. The Morgan fingerprint density at radius 1 is 1.29 bits per heavy atom. The second-order valence-electron chi connectivity index (χ2n) is 7.32. The van der Waals surface area contributed by atoms with Crippen molar-refractivity contribution >= 4 is 17.1 Å². The molecule has 0 radical (unpaired) electrons. The van der Waals surface area contributed by atoms with E-state index >= 15 is 0 Å². The van der Waals surface area contributed by atoms with E-state index in [1.54, 1.807) is 7.11 Å². The molecule has 10 heteroatoms. The monoisotopic (exact) mass is 427 g/mol. The Kier molecular flexibility index (Phi) is 6.58. The molecule has 4 rings (SSSR count). The summed E-state index contributed by atoms with van der Waals surface area (Å²) < 4.78 is 17.4. The number of H-pyrrole nitrogens is 1. The van der Waals surface area contributed by atoms with E-state index in [0.717, 1.165) is 30.5 Å². The lowest BCUT2D eigenvalue weighted by Crippen LogP contribution is -2.32. The third-order valence-electron chi connectivity index (χ3n) is 5.07. The quantitative estimate of drug-likeness (QED) is 0.383. The van der Waals surface area contributed by atoms with E-state index < -0.39 is 0 Å². The number of aromatic nitrogens is 4. The van der Waals surface area contributed by atoms with Crippen molar-refractivity contribution in [3.8, 4) is 6.01 Å². The number of imidazole rings is 1. The average Bonchev–Trinajstić information content (AvgIpc) is 3.42. The fourth-order valence-electron chi connectivity index (χ4n) is 3.50. The summed E-state index contributed by atoms with van der Waals surface area (Å²) in [5.41, 5.74) is 2.43. The number of ether oxygens (including phenoxy) is 3. The smallest absolute Gasteiger partial charge is 0.328 e. The molecule has 1 saturated heterocycles. The number of methoxy groups -OCH3 is 1. The minimum absolute atomic E-state index is 0.179. The molecule has 1 atom stereocenters. The van der Waals surface area contributed by atoms with Crippen LogP contribution in [0.25, 0.3) is 11.2 Å². The molecule has 1 aliphatic rings. The molecule has 1 aromatic carbocycles. The van der Waals surface area contributed by atoms with Crippen LogP contribution in [-0.2, 0) is 27.4 Å². The molecule has 2 aromatic heterocycles. The summed E-state index contributed by atoms with van der Waals surface area (Å²) in [6.45, 7) is 2.06. The van der Waals surface area contributed by atoms with Gasteiger partial charge < -0.3 is 24.5 Å². The van der Waals surface area contributed by atoms with Crippen molar-refractivity contribution in [1.29, 1.82) is 0 Å². The van der Waals surface area contributed by atoms with Gasteiger partial charge in [0.15, 0.2) is 5.65 Å². The van der Waals surface area contributed by atoms with Crippen molar-refractivity contribution in [3.05, 3.63) is 52.1 Å². The van der Waals surface area contributed by atoms with Crippen LogP contribution in [0.4, 0.5) is 0 Å². The van der Waals surface area contributed by atoms with E-state index in [1.807, 2.05) is 24.3 Å². The highest BCUT2D eigenvalue weighted by Gasteiger charge is 2.23. The minimum atomic E-state index is -0.289. The number of nitrogens with zero attached hydrogens (tertiary/aromatic N) is 3. The summed E-state index contributed by atoms with van der Waals surface area (Å²) in [7, 11) is 1.58. The van der Waals surface area contributed by atoms with E-state index in [4.69, 9.17) is 14.2 Å². The fraction of sp³-hybridized carbons (Fsp3) is 0.429. The number of carbonyl (C=O) groups excluding carboxylic acids is 1. The van der Waals surface area contributed by atoms with Gasteiger partial charge in [-0.25, -0.2) is 9.78 Å². The lowest BCUT2D eigenvalue weighted by molar-refractivity contribution is -0.147. The van der Waals surface area contributed by atoms with Crippen molar-refractivity contribution in [2.24, 2.45) is 0 Å². The van der Waals surface area contributed by atoms with Crippen LogP contribution in [0.5, 0.6) is 6.01 Å². The van der Waals surface area contributed by atoms with Crippen molar-refractivity contribution in [1.82, 2.24) is 24.8 Å². The second kappa shape index (κ2) is 9.71. The Hall–Kier alpha value is -3.24. The zero-order valence-electron chi connectivity index (χ0n) is 17.3. The molecule has 1 fully saturated rings. The minimum Gasteiger partial charge on any atom is -0.461 e. The van der Waals surface area contributed by atoms with Crippen LogP contribution in [0.1, 0.15) is 24.0 Å². The summed E-state index contributed by atoms with van der Waals surface area (Å²) in [6.07, 6.45) is 3.31. The van der Waals surface area contributed by atoms with Crippen LogP contribution in [0.3, 0.4) is 0 Å². The van der Waals surface area contributed by atoms with Crippen LogP contribution in [0, 0.1) is 0 Å². The topological polar surface area (TPSA) is 120 Å². The highest BCUT2D eigenvalue weighted by Crippen LogP contribution is 2.14. The summed E-state index contributed by atoms with van der Waals surface area (Å²) >= 11 is 0. The van der Waals surface area contributed by atoms with E-state index in [-0.39, 0.29) is 30.3 Å². The summed E-state index contributed by atoms with van der Waals surface area (Å²) in [5.74, 6) is -0.228. The number of hydrogen-bond acceptors (Lipinski definition) is 8. The maximum absolute atomic E-state index is 12.5. The normalized spacial score (nSPS) is 16.0. The Morgan fingerprint density at radius 2 is 2.16 bits per heavy atom. The van der Waals surface area contributed by atoms with Crippen molar-refractivity contribution in [2.45, 2.75) is 32.0 Å². The number of benzene rings is 1. The van der Waals surface area contributed by atoms with Crippen molar-refractivity contribution in [3.63, 3.8) is 0 Å². The molecule has 0 spiro atoms. The second-order valence-corrected chi connectivity index (χ2v) is 7.32. The van der Waals surface area contributed by atoms with Gasteiger partial charge in [-0.15, -0.1) is 0 Å². The molecule has 1 aliphatic heterocycles. The van der Waals surface area contributed by atoms with Gasteiger partial charge in [-0.2, -0.15) is 4.98 Å². The van der Waals surface area contributed by atoms with E-state index in [2.05, 4.69) is 20.3 Å². The fourth-order valence-corrected chi connectivity index (χ4v) is 3.50. The third kappa shape index (κ3) is 5.09. The number of rotatable bonds is 9. The molecule has 10 nitrogen and oxygen atoms in total. The molecular weight excluding hydrogens is 402 g/mol. The standard InChI is InChI=1S/C21H25N5O5/c1-29-8-9-30-20-23-11-17-18(25-20)26(21(28)24-17)12-14-4-2-5-15(10-14)13-31-19(27)16-6-3-7-22-16/h2,4-5,10-11,16,22H,3,6-9,12-13H2,1H3,(H,24,28)/t16-/m0/s1. The predicted octanol–water partition coefficient (Wildman–Crippen LogP) is 0.988. The van der Waals surface area contributed by atoms with Crippen LogP contribution in [-0.4, -0.2) is 58.4 Å². The van der Waals surface area contributed by atoms with Gasteiger partial charge in [0.05, 0.1) is 19.3 Å². The molecule has 0 bridgehead atoms. The van der Waals surface area contributed by atoms with E-state index in [0.29, 0.717) is 30.9 Å². The molecule has 3 aromatic rings. The number of carbonyl (C=O) groups is 1. The summed E-state index contributed by atoms with van der Waals surface area (Å²) in [4.78, 5) is 35.8. The van der Waals surface area contributed by atoms with Crippen molar-refractivity contribution < 1.29 is 19.0 Å². The van der Waals surface area contributed by atoms with E-state index in [9.17, 15) is 9.59 Å². The SMILES string of the molecule is COCCOc1ncc2[nH]c(=O)n(Cc3cccc(COC(=O)[C@@H]4CCCN4)c3)c2n1. The highest BCUT2D eigenvalue weighted by atomic mass is 16.5. The van der Waals surface area contributed by atoms with E-state index in [1.165, 1.54) is 10.8 Å². The first kappa shape index (κ1) is 21.0. The maximum Gasteiger partial charge on any atom is 0.328 e. The molecular formula is C21H25N5O5. The number of fused-ring (bicyclic) bond motifs is 1. The Balaban J connectivity index is 1.47. The Bertz CT molecular complexity index is 1100. The first-order valence-electron chi connectivity index (χ1n) is 10.2. The summed E-state index contributed by atoms with van der Waals surface area (Å²) in [6, 6.07) is 7.55. The van der Waals surface area contributed by atoms with Gasteiger partial charge in [0.25, 0.3) is 0 Å². The zero-order chi connectivity index (χ0) is 21.6. The average molecular weight is 427 g/mol. The van der Waals surface area contributed by atoms with Gasteiger partial charge in [0.2, 0.25) is 0 Å². The molecule has 0 aliphatic carbocycles. The van der Waals surface area contributed by atoms with Gasteiger partial charge in [-0.05, 0) is 30.5 Å². The van der Waals surface area contributed by atoms with Gasteiger partial charge in [0.1, 0.15) is 24.8 Å². The predicted molar refractivity (Wildman–Crippen MR) is 112 cm³/mol. The van der Waals surface area contributed by atoms with Crippen LogP contribution >= 0.6 is 0 Å². The number of hydrogen-bond donors (Lipinski definition) is 2. The lowest BCUT2D eigenvalue weighted by Gasteiger charge is -2.11. The number of nitrogens with one attached hydrogen (secondary N) is 2. The van der Waals surface area contributed by atoms with Crippen LogP contribution < -0.4 is 15.7 Å². The number of esters is 1. The molecule has 0 amide bonds. The largest absolute Gasteiger partial charge is 0.461 e. The van der Waals surface area contributed by atoms with Gasteiger partial charge >= 0.3 is 17.7 Å². The molecule has 2 N–H and O–H groups in total. The highest BCUT2D eigenvalue weighted by molar-refractivity contribution is 5.76. The molecule has 31 heavy (non-hydrogen) atoms. The van der Waals surface area contributed by atoms with Crippen molar-refractivity contribution in [2.75, 3.05) is 26.9 Å². The lowest BCUT2D eigenvalue weighted by atomic mass is 10.1. The third-order valence-corrected chi connectivity index (χ3v) is 5.07. The Labute approximate surface area is 178 Å². The Morgan fingerprint density at radius 3 is 2.97 bits per heavy atom. The molecule has 3 heterocycles. The number of aromatic amines is 1. The molecule has 0 unspecified atom stereocenters. The van der Waals surface area contributed by atoms with Gasteiger partial charge in [-0.3, -0.25) is 9.36 Å². The first-order chi connectivity index (χ1) is 15.1. The van der Waals surface area contributed by atoms with Gasteiger partial charge in [-0.1, -0.05) is 24.3 Å². The summed E-state index contributed by atoms with van der Waals surface area (Å²) in [5, 5.41) is 3.13. The first-order valence-corrected chi connectivity index (χ1v) is 10.2. The maximum atomic E-state index is 12.5. The van der Waals surface area contributed by atoms with Gasteiger partial charge in [0, 0.05) is 7.11 Å².